The van der Waals surface area contributed by atoms with Crippen LogP contribution in [0.15, 0.2) is 0 Å². The molecule has 3 atom stereocenters. The lowest BCUT2D eigenvalue weighted by Gasteiger charge is -2.53. The summed E-state index contributed by atoms with van der Waals surface area (Å²) in [6.45, 7) is 14.4. The van der Waals surface area contributed by atoms with E-state index in [-0.39, 0.29) is 0 Å². The van der Waals surface area contributed by atoms with Gasteiger partial charge in [0, 0.05) is 0 Å². The Balaban J connectivity index is 2.48. The fourth-order valence-corrected chi connectivity index (χ4v) is 3.21. The summed E-state index contributed by atoms with van der Waals surface area (Å²) in [5.41, 5.74) is 0.620. The molecular weight excluding hydrogens is 168 g/mol. The summed E-state index contributed by atoms with van der Waals surface area (Å²) in [4.78, 5) is 0. The first kappa shape index (κ1) is 12.1. The van der Waals surface area contributed by atoms with Crippen molar-refractivity contribution < 1.29 is 0 Å². The van der Waals surface area contributed by atoms with E-state index in [9.17, 15) is 0 Å². The van der Waals surface area contributed by atoms with Gasteiger partial charge in [0.05, 0.1) is 0 Å². The molecule has 0 aliphatic heterocycles. The van der Waals surface area contributed by atoms with Crippen LogP contribution in [0, 0.1) is 29.1 Å². The third-order valence-corrected chi connectivity index (χ3v) is 4.54. The second-order valence-corrected chi connectivity index (χ2v) is 6.44. The zero-order valence-electron chi connectivity index (χ0n) is 10.9. The third-order valence-electron chi connectivity index (χ3n) is 4.54. The first-order valence-electron chi connectivity index (χ1n) is 6.38. The van der Waals surface area contributed by atoms with E-state index < -0.39 is 0 Å². The smallest absolute Gasteiger partial charge is 0.0323 e. The summed E-state index contributed by atoms with van der Waals surface area (Å²) in [5.74, 6) is 3.80. The van der Waals surface area contributed by atoms with E-state index in [0.29, 0.717) is 5.41 Å². The Bertz CT molecular complexity index is 176. The first-order chi connectivity index (χ1) is 6.38. The Morgan fingerprint density at radius 3 is 2.14 bits per heavy atom. The molecule has 0 amide bonds. The van der Waals surface area contributed by atoms with Crippen LogP contribution in [-0.2, 0) is 0 Å². The second-order valence-electron chi connectivity index (χ2n) is 6.44. The lowest BCUT2D eigenvalue weighted by atomic mass is 9.52. The molecule has 0 aromatic carbocycles. The number of hydrogen-bond donors (Lipinski definition) is 0. The molecule has 1 rings (SSSR count). The van der Waals surface area contributed by atoms with Gasteiger partial charge in [-0.2, -0.15) is 0 Å². The van der Waals surface area contributed by atoms with E-state index >= 15 is 0 Å². The molecule has 0 spiro atoms. The van der Waals surface area contributed by atoms with Crippen molar-refractivity contribution in [3.63, 3.8) is 0 Å². The predicted octanol–water partition coefficient (Wildman–Crippen LogP) is 4.74. The minimum atomic E-state index is 0.620. The highest BCUT2D eigenvalue weighted by Crippen LogP contribution is 2.54. The van der Waals surface area contributed by atoms with Gasteiger partial charge in [-0.05, 0) is 41.9 Å². The summed E-state index contributed by atoms with van der Waals surface area (Å²) >= 11 is 0. The first-order valence-corrected chi connectivity index (χ1v) is 6.38. The van der Waals surface area contributed by atoms with E-state index in [4.69, 9.17) is 0 Å². The molecule has 1 aliphatic carbocycles. The molecule has 0 bridgehead atoms. The normalized spacial score (nSPS) is 32.8. The van der Waals surface area contributed by atoms with Gasteiger partial charge in [0.25, 0.3) is 0 Å². The largest absolute Gasteiger partial charge is 0.0651 e. The standard InChI is InChI=1S/C14H28/c1-7-12(8-10(2)3)13-9-14(5,6)11(13)4/h10-13H,7-9H2,1-6H3. The average molecular weight is 196 g/mol. The van der Waals surface area contributed by atoms with Gasteiger partial charge in [-0.1, -0.05) is 48.0 Å². The zero-order valence-corrected chi connectivity index (χ0v) is 10.9. The zero-order chi connectivity index (χ0) is 10.9. The summed E-state index contributed by atoms with van der Waals surface area (Å²) in [7, 11) is 0. The van der Waals surface area contributed by atoms with Crippen LogP contribution in [0.5, 0.6) is 0 Å². The maximum Gasteiger partial charge on any atom is -0.0323 e. The van der Waals surface area contributed by atoms with Crippen molar-refractivity contribution in [3.8, 4) is 0 Å². The fraction of sp³-hybridized carbons (Fsp3) is 1.00. The second kappa shape index (κ2) is 4.24. The molecule has 14 heavy (non-hydrogen) atoms. The Morgan fingerprint density at radius 2 is 1.86 bits per heavy atom. The van der Waals surface area contributed by atoms with Crippen molar-refractivity contribution in [2.75, 3.05) is 0 Å². The van der Waals surface area contributed by atoms with E-state index in [1.165, 1.54) is 19.3 Å². The highest BCUT2D eigenvalue weighted by atomic mass is 14.5. The molecular formula is C14H28. The molecule has 0 N–H and O–H groups in total. The molecule has 0 heterocycles. The molecule has 0 radical (unpaired) electrons. The maximum absolute atomic E-state index is 2.46. The van der Waals surface area contributed by atoms with Gasteiger partial charge >= 0.3 is 0 Å². The van der Waals surface area contributed by atoms with Gasteiger partial charge in [-0.3, -0.25) is 0 Å². The van der Waals surface area contributed by atoms with Crippen molar-refractivity contribution in [2.24, 2.45) is 29.1 Å². The lowest BCUT2D eigenvalue weighted by molar-refractivity contribution is -0.0405. The predicted molar refractivity (Wildman–Crippen MR) is 64.3 cm³/mol. The molecule has 84 valence electrons. The van der Waals surface area contributed by atoms with E-state index in [2.05, 4.69) is 41.5 Å². The van der Waals surface area contributed by atoms with Crippen LogP contribution in [0.2, 0.25) is 0 Å². The summed E-state index contributed by atoms with van der Waals surface area (Å²) in [5, 5.41) is 0. The van der Waals surface area contributed by atoms with Crippen LogP contribution < -0.4 is 0 Å². The molecule has 1 fully saturated rings. The SMILES string of the molecule is CCC(CC(C)C)C1CC(C)(C)C1C. The van der Waals surface area contributed by atoms with Crippen molar-refractivity contribution in [1.82, 2.24) is 0 Å². The Hall–Kier alpha value is 0. The van der Waals surface area contributed by atoms with Crippen LogP contribution in [0.4, 0.5) is 0 Å². The molecule has 1 aliphatic rings. The Labute approximate surface area is 90.5 Å². The molecule has 0 heteroatoms. The van der Waals surface area contributed by atoms with E-state index in [1.807, 2.05) is 0 Å². The topological polar surface area (TPSA) is 0 Å². The molecule has 3 unspecified atom stereocenters. The van der Waals surface area contributed by atoms with Crippen molar-refractivity contribution in [2.45, 2.75) is 60.8 Å². The number of rotatable bonds is 4. The van der Waals surface area contributed by atoms with Gasteiger partial charge in [0.2, 0.25) is 0 Å². The summed E-state index contributed by atoms with van der Waals surface area (Å²) < 4.78 is 0. The van der Waals surface area contributed by atoms with E-state index in [0.717, 1.165) is 23.7 Å². The summed E-state index contributed by atoms with van der Waals surface area (Å²) in [6.07, 6.45) is 4.27. The third kappa shape index (κ3) is 2.32. The van der Waals surface area contributed by atoms with Crippen LogP contribution in [0.3, 0.4) is 0 Å². The fourth-order valence-electron chi connectivity index (χ4n) is 3.21. The number of hydrogen-bond acceptors (Lipinski definition) is 0. The summed E-state index contributed by atoms with van der Waals surface area (Å²) in [6, 6.07) is 0. The van der Waals surface area contributed by atoms with Gasteiger partial charge in [0.1, 0.15) is 0 Å². The minimum absolute atomic E-state index is 0.620. The van der Waals surface area contributed by atoms with Crippen LogP contribution in [-0.4, -0.2) is 0 Å². The minimum Gasteiger partial charge on any atom is -0.0651 e. The van der Waals surface area contributed by atoms with Crippen molar-refractivity contribution >= 4 is 0 Å². The van der Waals surface area contributed by atoms with Crippen LogP contribution in [0.25, 0.3) is 0 Å². The molecule has 0 aromatic rings. The van der Waals surface area contributed by atoms with Crippen LogP contribution >= 0.6 is 0 Å². The average Bonchev–Trinajstić information content (AvgIpc) is 2.10. The van der Waals surface area contributed by atoms with Gasteiger partial charge < -0.3 is 0 Å². The van der Waals surface area contributed by atoms with Crippen molar-refractivity contribution in [1.29, 1.82) is 0 Å². The van der Waals surface area contributed by atoms with Crippen LogP contribution in [0.1, 0.15) is 60.8 Å². The Kier molecular flexibility index (Phi) is 3.66. The lowest BCUT2D eigenvalue weighted by Crippen LogP contribution is -2.45. The van der Waals surface area contributed by atoms with Gasteiger partial charge in [-0.25, -0.2) is 0 Å². The van der Waals surface area contributed by atoms with E-state index in [1.54, 1.807) is 0 Å². The maximum atomic E-state index is 2.46. The van der Waals surface area contributed by atoms with Crippen molar-refractivity contribution in [3.05, 3.63) is 0 Å². The molecule has 1 saturated carbocycles. The quantitative estimate of drug-likeness (QED) is 0.609. The Morgan fingerprint density at radius 1 is 1.29 bits per heavy atom. The highest BCUT2D eigenvalue weighted by molar-refractivity contribution is 4.95. The highest BCUT2D eigenvalue weighted by Gasteiger charge is 2.46. The molecule has 0 saturated heterocycles. The van der Waals surface area contributed by atoms with Gasteiger partial charge in [0.15, 0.2) is 0 Å². The monoisotopic (exact) mass is 196 g/mol. The molecule has 0 aromatic heterocycles. The van der Waals surface area contributed by atoms with Gasteiger partial charge in [-0.15, -0.1) is 0 Å². The molecule has 0 nitrogen and oxygen atoms in total.